The van der Waals surface area contributed by atoms with Crippen LogP contribution < -0.4 is 20.1 Å². The summed E-state index contributed by atoms with van der Waals surface area (Å²) in [5.74, 6) is 2.34. The summed E-state index contributed by atoms with van der Waals surface area (Å²) in [5.41, 5.74) is 2.36. The van der Waals surface area contributed by atoms with E-state index in [9.17, 15) is 0 Å². The molecule has 7 nitrogen and oxygen atoms in total. The van der Waals surface area contributed by atoms with E-state index in [1.807, 2.05) is 41.2 Å². The third-order valence-corrected chi connectivity index (χ3v) is 4.72. The standard InChI is InChI=1S/C23H27N5O2/c1-2-24-23(26-15-20-17-29-21-9-3-4-10-22(21)30-20)25-14-18-7-5-8-19(13-18)16-28-12-6-11-27-28/h3-13,20H,2,14-17H2,1H3,(H2,24,25,26). The molecule has 156 valence electrons. The van der Waals surface area contributed by atoms with E-state index in [-0.39, 0.29) is 6.10 Å². The highest BCUT2D eigenvalue weighted by molar-refractivity contribution is 5.79. The summed E-state index contributed by atoms with van der Waals surface area (Å²) in [6.45, 7) is 5.31. The van der Waals surface area contributed by atoms with Crippen LogP contribution in [0.1, 0.15) is 18.1 Å². The van der Waals surface area contributed by atoms with E-state index in [0.29, 0.717) is 19.7 Å². The van der Waals surface area contributed by atoms with Crippen LogP contribution in [0.15, 0.2) is 72.0 Å². The van der Waals surface area contributed by atoms with E-state index in [2.05, 4.69) is 46.9 Å². The van der Waals surface area contributed by atoms with Gasteiger partial charge in [0.15, 0.2) is 17.5 Å². The van der Waals surface area contributed by atoms with Crippen molar-refractivity contribution in [3.8, 4) is 11.5 Å². The molecule has 1 aliphatic rings. The van der Waals surface area contributed by atoms with Crippen molar-refractivity contribution >= 4 is 5.96 Å². The zero-order valence-electron chi connectivity index (χ0n) is 17.1. The van der Waals surface area contributed by atoms with Gasteiger partial charge in [0.25, 0.3) is 0 Å². The minimum absolute atomic E-state index is 0.0684. The van der Waals surface area contributed by atoms with E-state index in [1.165, 1.54) is 5.56 Å². The van der Waals surface area contributed by atoms with Gasteiger partial charge >= 0.3 is 0 Å². The number of benzene rings is 2. The van der Waals surface area contributed by atoms with Crippen molar-refractivity contribution < 1.29 is 9.47 Å². The maximum absolute atomic E-state index is 6.01. The number of para-hydroxylation sites is 2. The van der Waals surface area contributed by atoms with Gasteiger partial charge in [-0.3, -0.25) is 4.68 Å². The molecule has 0 aliphatic carbocycles. The second-order valence-electron chi connectivity index (χ2n) is 7.10. The fourth-order valence-electron chi connectivity index (χ4n) is 3.29. The third-order valence-electron chi connectivity index (χ3n) is 4.72. The Kier molecular flexibility index (Phi) is 6.49. The molecule has 2 aromatic carbocycles. The Balaban J connectivity index is 1.34. The van der Waals surface area contributed by atoms with Crippen LogP contribution >= 0.6 is 0 Å². The molecule has 0 bridgehead atoms. The highest BCUT2D eigenvalue weighted by Crippen LogP contribution is 2.30. The minimum Gasteiger partial charge on any atom is -0.486 e. The predicted octanol–water partition coefficient (Wildman–Crippen LogP) is 2.83. The SMILES string of the molecule is CCNC(=NCc1cccc(Cn2cccn2)c1)NCC1COc2ccccc2O1. The lowest BCUT2D eigenvalue weighted by molar-refractivity contribution is 0.0936. The molecule has 0 radical (unpaired) electrons. The third kappa shape index (κ3) is 5.31. The Morgan fingerprint density at radius 2 is 1.97 bits per heavy atom. The van der Waals surface area contributed by atoms with Gasteiger partial charge in [0.05, 0.1) is 19.6 Å². The van der Waals surface area contributed by atoms with Gasteiger partial charge in [-0.2, -0.15) is 5.10 Å². The molecule has 3 aromatic rings. The van der Waals surface area contributed by atoms with E-state index in [4.69, 9.17) is 14.5 Å². The summed E-state index contributed by atoms with van der Waals surface area (Å²) in [4.78, 5) is 4.73. The number of guanidine groups is 1. The van der Waals surface area contributed by atoms with Crippen molar-refractivity contribution in [3.63, 3.8) is 0 Å². The van der Waals surface area contributed by atoms with Gasteiger partial charge in [0.2, 0.25) is 0 Å². The van der Waals surface area contributed by atoms with Crippen LogP contribution in [0.25, 0.3) is 0 Å². The summed E-state index contributed by atoms with van der Waals surface area (Å²) in [5, 5.41) is 10.9. The first kappa shape index (κ1) is 19.8. The van der Waals surface area contributed by atoms with Gasteiger partial charge in [0, 0.05) is 18.9 Å². The summed E-state index contributed by atoms with van der Waals surface area (Å²) >= 11 is 0. The molecule has 1 aliphatic heterocycles. The Hall–Kier alpha value is -3.48. The summed E-state index contributed by atoms with van der Waals surface area (Å²) in [7, 11) is 0. The first-order chi connectivity index (χ1) is 14.8. The van der Waals surface area contributed by atoms with E-state index < -0.39 is 0 Å². The molecule has 2 heterocycles. The smallest absolute Gasteiger partial charge is 0.191 e. The number of ether oxygens (including phenoxy) is 2. The first-order valence-corrected chi connectivity index (χ1v) is 10.3. The van der Waals surface area contributed by atoms with Crippen molar-refractivity contribution in [2.75, 3.05) is 19.7 Å². The van der Waals surface area contributed by atoms with Crippen LogP contribution in [0.5, 0.6) is 11.5 Å². The van der Waals surface area contributed by atoms with Crippen molar-refractivity contribution in [2.45, 2.75) is 26.1 Å². The molecule has 1 aromatic heterocycles. The van der Waals surface area contributed by atoms with Crippen molar-refractivity contribution in [1.82, 2.24) is 20.4 Å². The normalized spacial score (nSPS) is 15.6. The average molecular weight is 406 g/mol. The van der Waals surface area contributed by atoms with Gasteiger partial charge in [-0.1, -0.05) is 36.4 Å². The van der Waals surface area contributed by atoms with Crippen LogP contribution in [0.3, 0.4) is 0 Å². The van der Waals surface area contributed by atoms with E-state index in [0.717, 1.165) is 36.1 Å². The number of hydrogen-bond donors (Lipinski definition) is 2. The molecule has 0 saturated carbocycles. The van der Waals surface area contributed by atoms with Crippen molar-refractivity contribution in [3.05, 3.63) is 78.1 Å². The second-order valence-corrected chi connectivity index (χ2v) is 7.10. The highest BCUT2D eigenvalue weighted by atomic mass is 16.6. The van der Waals surface area contributed by atoms with E-state index >= 15 is 0 Å². The number of nitrogens with zero attached hydrogens (tertiary/aromatic N) is 3. The number of hydrogen-bond acceptors (Lipinski definition) is 4. The summed E-state index contributed by atoms with van der Waals surface area (Å²) < 4.78 is 13.7. The van der Waals surface area contributed by atoms with Crippen LogP contribution in [0.4, 0.5) is 0 Å². The maximum Gasteiger partial charge on any atom is 0.191 e. The Bertz CT molecular complexity index is 971. The quantitative estimate of drug-likeness (QED) is 0.467. The van der Waals surface area contributed by atoms with Gasteiger partial charge in [-0.15, -0.1) is 0 Å². The van der Waals surface area contributed by atoms with Gasteiger partial charge in [-0.05, 0) is 36.2 Å². The van der Waals surface area contributed by atoms with Crippen LogP contribution in [0.2, 0.25) is 0 Å². The van der Waals surface area contributed by atoms with Gasteiger partial charge in [0.1, 0.15) is 12.7 Å². The molecular formula is C23H27N5O2. The molecule has 2 N–H and O–H groups in total. The number of fused-ring (bicyclic) bond motifs is 1. The number of aromatic nitrogens is 2. The molecule has 1 unspecified atom stereocenters. The molecule has 4 rings (SSSR count). The fraction of sp³-hybridized carbons (Fsp3) is 0.304. The van der Waals surface area contributed by atoms with Gasteiger partial charge in [-0.25, -0.2) is 4.99 Å². The van der Waals surface area contributed by atoms with Gasteiger partial charge < -0.3 is 20.1 Å². The zero-order valence-corrected chi connectivity index (χ0v) is 17.1. The largest absolute Gasteiger partial charge is 0.486 e. The van der Waals surface area contributed by atoms with Crippen LogP contribution in [-0.2, 0) is 13.1 Å². The molecule has 1 atom stereocenters. The Labute approximate surface area is 176 Å². The summed E-state index contributed by atoms with van der Waals surface area (Å²) in [6, 6.07) is 18.1. The Morgan fingerprint density at radius 3 is 2.80 bits per heavy atom. The minimum atomic E-state index is -0.0684. The molecule has 30 heavy (non-hydrogen) atoms. The second kappa shape index (κ2) is 9.82. The predicted molar refractivity (Wildman–Crippen MR) is 117 cm³/mol. The number of nitrogens with one attached hydrogen (secondary N) is 2. The van der Waals surface area contributed by atoms with Crippen molar-refractivity contribution in [2.24, 2.45) is 4.99 Å². The van der Waals surface area contributed by atoms with Crippen LogP contribution in [-0.4, -0.2) is 41.5 Å². The number of aliphatic imine (C=N–C) groups is 1. The summed E-state index contributed by atoms with van der Waals surface area (Å²) in [6.07, 6.45) is 3.69. The number of rotatable bonds is 7. The lowest BCUT2D eigenvalue weighted by atomic mass is 10.1. The maximum atomic E-state index is 6.01. The topological polar surface area (TPSA) is 72.7 Å². The lowest BCUT2D eigenvalue weighted by Gasteiger charge is -2.27. The lowest BCUT2D eigenvalue weighted by Crippen LogP contribution is -2.45. The molecule has 0 spiro atoms. The van der Waals surface area contributed by atoms with E-state index in [1.54, 1.807) is 6.20 Å². The van der Waals surface area contributed by atoms with Crippen molar-refractivity contribution in [1.29, 1.82) is 0 Å². The monoisotopic (exact) mass is 405 g/mol. The highest BCUT2D eigenvalue weighted by Gasteiger charge is 2.20. The zero-order chi connectivity index (χ0) is 20.6. The fourth-order valence-corrected chi connectivity index (χ4v) is 3.29. The van der Waals surface area contributed by atoms with Crippen LogP contribution in [0, 0.1) is 0 Å². The average Bonchev–Trinajstić information content (AvgIpc) is 3.29. The molecule has 0 fully saturated rings. The molecule has 0 amide bonds. The molecular weight excluding hydrogens is 378 g/mol. The molecule has 7 heteroatoms. The molecule has 0 saturated heterocycles. The first-order valence-electron chi connectivity index (χ1n) is 10.3. The Morgan fingerprint density at radius 1 is 1.10 bits per heavy atom.